The second-order valence-electron chi connectivity index (χ2n) is 9.07. The summed E-state index contributed by atoms with van der Waals surface area (Å²) in [6.45, 7) is 2.10. The maximum atomic E-state index is 13.2. The van der Waals surface area contributed by atoms with Crippen molar-refractivity contribution in [3.63, 3.8) is 0 Å². The smallest absolute Gasteiger partial charge is 0.344 e. The molecule has 1 aliphatic rings. The van der Waals surface area contributed by atoms with Gasteiger partial charge in [-0.3, -0.25) is 9.10 Å². The van der Waals surface area contributed by atoms with E-state index < -0.39 is 16.0 Å². The SMILES string of the molecule is CCC1CCCCN1C(=O)COC(=O)COc1ccc(N(C)S(=O)(=O)c2ccc3ccccc3c2)cc1. The van der Waals surface area contributed by atoms with Crippen molar-refractivity contribution < 1.29 is 27.5 Å². The molecule has 1 unspecified atom stereocenters. The fourth-order valence-corrected chi connectivity index (χ4v) is 5.77. The fourth-order valence-electron chi connectivity index (χ4n) is 4.54. The molecule has 196 valence electrons. The third-order valence-electron chi connectivity index (χ3n) is 6.71. The highest BCUT2D eigenvalue weighted by atomic mass is 32.2. The number of sulfonamides is 1. The molecule has 1 fully saturated rings. The van der Waals surface area contributed by atoms with Crippen LogP contribution in [0.15, 0.2) is 71.6 Å². The first-order valence-corrected chi connectivity index (χ1v) is 13.9. The van der Waals surface area contributed by atoms with Gasteiger partial charge < -0.3 is 14.4 Å². The van der Waals surface area contributed by atoms with Gasteiger partial charge in [0, 0.05) is 19.6 Å². The Bertz CT molecular complexity index is 1360. The van der Waals surface area contributed by atoms with E-state index in [9.17, 15) is 18.0 Å². The number of ether oxygens (including phenoxy) is 2. The maximum Gasteiger partial charge on any atom is 0.344 e. The molecule has 8 nitrogen and oxygen atoms in total. The molecule has 1 amide bonds. The second-order valence-corrected chi connectivity index (χ2v) is 11.0. The number of hydrogen-bond acceptors (Lipinski definition) is 6. The summed E-state index contributed by atoms with van der Waals surface area (Å²) in [6, 6.07) is 19.2. The quantitative estimate of drug-likeness (QED) is 0.386. The molecule has 0 N–H and O–H groups in total. The van der Waals surface area contributed by atoms with Crippen molar-refractivity contribution >= 4 is 38.4 Å². The number of likely N-dealkylation sites (tertiary alicyclic amines) is 1. The molecule has 3 aromatic rings. The predicted octanol–water partition coefficient (Wildman–Crippen LogP) is 4.38. The normalized spacial score (nSPS) is 15.8. The number of rotatable bonds is 9. The van der Waals surface area contributed by atoms with E-state index in [4.69, 9.17) is 9.47 Å². The average Bonchev–Trinajstić information content (AvgIpc) is 2.94. The van der Waals surface area contributed by atoms with Crippen LogP contribution < -0.4 is 9.04 Å². The summed E-state index contributed by atoms with van der Waals surface area (Å²) in [5, 5.41) is 1.81. The Morgan fingerprint density at radius 2 is 1.70 bits per heavy atom. The molecule has 1 heterocycles. The van der Waals surface area contributed by atoms with Gasteiger partial charge in [0.25, 0.3) is 15.9 Å². The molecule has 0 spiro atoms. The number of piperidine rings is 1. The van der Waals surface area contributed by atoms with Crippen LogP contribution in [-0.2, 0) is 24.3 Å². The molecule has 0 bridgehead atoms. The summed E-state index contributed by atoms with van der Waals surface area (Å²) in [5.74, 6) is -0.441. The minimum Gasteiger partial charge on any atom is -0.482 e. The van der Waals surface area contributed by atoms with Gasteiger partial charge in [0.2, 0.25) is 0 Å². The number of anilines is 1. The summed E-state index contributed by atoms with van der Waals surface area (Å²) in [7, 11) is -2.28. The minimum atomic E-state index is -3.77. The molecule has 37 heavy (non-hydrogen) atoms. The zero-order chi connectivity index (χ0) is 26.4. The predicted molar refractivity (Wildman–Crippen MR) is 142 cm³/mol. The van der Waals surface area contributed by atoms with Gasteiger partial charge >= 0.3 is 5.97 Å². The molecule has 1 atom stereocenters. The topological polar surface area (TPSA) is 93.2 Å². The van der Waals surface area contributed by atoms with Crippen LogP contribution in [0.25, 0.3) is 10.8 Å². The van der Waals surface area contributed by atoms with Gasteiger partial charge in [-0.15, -0.1) is 0 Å². The van der Waals surface area contributed by atoms with Gasteiger partial charge in [-0.2, -0.15) is 0 Å². The maximum absolute atomic E-state index is 13.2. The summed E-state index contributed by atoms with van der Waals surface area (Å²) < 4.78 is 38.1. The molecule has 1 saturated heterocycles. The highest BCUT2D eigenvalue weighted by Gasteiger charge is 2.26. The first-order valence-electron chi connectivity index (χ1n) is 12.5. The number of hydrogen-bond donors (Lipinski definition) is 0. The van der Waals surface area contributed by atoms with Crippen molar-refractivity contribution in [2.45, 2.75) is 43.5 Å². The molecular formula is C28H32N2O6S. The van der Waals surface area contributed by atoms with Crippen molar-refractivity contribution in [1.82, 2.24) is 4.90 Å². The second kappa shape index (κ2) is 11.6. The number of fused-ring (bicyclic) bond motifs is 1. The number of esters is 1. The molecule has 1 aliphatic heterocycles. The van der Waals surface area contributed by atoms with Gasteiger partial charge in [-0.1, -0.05) is 37.3 Å². The lowest BCUT2D eigenvalue weighted by Crippen LogP contribution is -2.45. The Hall–Kier alpha value is -3.59. The van der Waals surface area contributed by atoms with Crippen molar-refractivity contribution in [1.29, 1.82) is 0 Å². The summed E-state index contributed by atoms with van der Waals surface area (Å²) in [4.78, 5) is 26.6. The van der Waals surface area contributed by atoms with E-state index in [1.54, 1.807) is 47.4 Å². The fraction of sp³-hybridized carbons (Fsp3) is 0.357. The zero-order valence-electron chi connectivity index (χ0n) is 21.1. The van der Waals surface area contributed by atoms with Gasteiger partial charge in [0.05, 0.1) is 10.6 Å². The molecule has 0 radical (unpaired) electrons. The lowest BCUT2D eigenvalue weighted by Gasteiger charge is -2.35. The number of nitrogens with zero attached hydrogens (tertiary/aromatic N) is 2. The van der Waals surface area contributed by atoms with E-state index in [0.717, 1.165) is 36.5 Å². The van der Waals surface area contributed by atoms with Crippen LogP contribution in [0, 0.1) is 0 Å². The largest absolute Gasteiger partial charge is 0.482 e. The van der Waals surface area contributed by atoms with Crippen molar-refractivity contribution in [2.75, 3.05) is 31.1 Å². The van der Waals surface area contributed by atoms with Crippen LogP contribution in [0.4, 0.5) is 5.69 Å². The Morgan fingerprint density at radius 1 is 0.973 bits per heavy atom. The lowest BCUT2D eigenvalue weighted by atomic mass is 10.00. The number of carbonyl (C=O) groups is 2. The number of benzene rings is 3. The Labute approximate surface area is 217 Å². The third kappa shape index (κ3) is 6.22. The molecule has 9 heteroatoms. The molecule has 0 aromatic heterocycles. The van der Waals surface area contributed by atoms with Crippen LogP contribution in [0.5, 0.6) is 5.75 Å². The van der Waals surface area contributed by atoms with E-state index in [-0.39, 0.29) is 30.1 Å². The van der Waals surface area contributed by atoms with E-state index in [2.05, 4.69) is 6.92 Å². The van der Waals surface area contributed by atoms with Crippen LogP contribution in [0.2, 0.25) is 0 Å². The lowest BCUT2D eigenvalue weighted by molar-refractivity contribution is -0.155. The van der Waals surface area contributed by atoms with E-state index >= 15 is 0 Å². The summed E-state index contributed by atoms with van der Waals surface area (Å²) in [5.41, 5.74) is 0.445. The number of amides is 1. The van der Waals surface area contributed by atoms with Crippen LogP contribution in [-0.4, -0.2) is 58.0 Å². The van der Waals surface area contributed by atoms with Gasteiger partial charge in [0.1, 0.15) is 5.75 Å². The summed E-state index contributed by atoms with van der Waals surface area (Å²) in [6.07, 6.45) is 3.94. The van der Waals surface area contributed by atoms with Crippen molar-refractivity contribution in [3.8, 4) is 5.75 Å². The minimum absolute atomic E-state index is 0.181. The van der Waals surface area contributed by atoms with E-state index in [1.165, 1.54) is 11.4 Å². The number of carbonyl (C=O) groups excluding carboxylic acids is 2. The van der Waals surface area contributed by atoms with Crippen LogP contribution >= 0.6 is 0 Å². The first kappa shape index (κ1) is 26.5. The van der Waals surface area contributed by atoms with Crippen molar-refractivity contribution in [2.24, 2.45) is 0 Å². The first-order chi connectivity index (χ1) is 17.8. The molecule has 0 aliphatic carbocycles. The zero-order valence-corrected chi connectivity index (χ0v) is 21.9. The standard InChI is InChI=1S/C28H32N2O6S/c1-3-23-10-6-7-17-30(23)27(31)19-36-28(32)20-35-25-14-12-24(13-15-25)29(2)37(33,34)26-16-11-21-8-4-5-9-22(21)18-26/h4-5,8-9,11-16,18,23H,3,6-7,10,17,19-20H2,1-2H3. The monoisotopic (exact) mass is 524 g/mol. The average molecular weight is 525 g/mol. The van der Waals surface area contributed by atoms with Crippen molar-refractivity contribution in [3.05, 3.63) is 66.7 Å². The molecule has 3 aromatic carbocycles. The Balaban J connectivity index is 1.31. The van der Waals surface area contributed by atoms with E-state index in [1.807, 2.05) is 24.3 Å². The molecular weight excluding hydrogens is 492 g/mol. The van der Waals surface area contributed by atoms with Gasteiger partial charge in [-0.05, 0) is 72.9 Å². The highest BCUT2D eigenvalue weighted by molar-refractivity contribution is 7.92. The van der Waals surface area contributed by atoms with Crippen LogP contribution in [0.3, 0.4) is 0 Å². The highest BCUT2D eigenvalue weighted by Crippen LogP contribution is 2.26. The van der Waals surface area contributed by atoms with Gasteiger partial charge in [0.15, 0.2) is 13.2 Å². The van der Waals surface area contributed by atoms with E-state index in [0.29, 0.717) is 18.0 Å². The molecule has 0 saturated carbocycles. The molecule has 4 rings (SSSR count). The Kier molecular flexibility index (Phi) is 8.33. The Morgan fingerprint density at radius 3 is 2.43 bits per heavy atom. The van der Waals surface area contributed by atoms with Gasteiger partial charge in [-0.25, -0.2) is 13.2 Å². The van der Waals surface area contributed by atoms with Crippen LogP contribution in [0.1, 0.15) is 32.6 Å². The summed E-state index contributed by atoms with van der Waals surface area (Å²) >= 11 is 0. The third-order valence-corrected chi connectivity index (χ3v) is 8.49.